The van der Waals surface area contributed by atoms with Crippen LogP contribution in [-0.4, -0.2) is 25.0 Å². The van der Waals surface area contributed by atoms with E-state index in [1.807, 2.05) is 0 Å². The first-order chi connectivity index (χ1) is 8.20. The summed E-state index contributed by atoms with van der Waals surface area (Å²) in [6, 6.07) is 0. The van der Waals surface area contributed by atoms with Crippen molar-refractivity contribution in [3.05, 3.63) is 12.7 Å². The van der Waals surface area contributed by atoms with E-state index in [-0.39, 0.29) is 11.9 Å². The summed E-state index contributed by atoms with van der Waals surface area (Å²) in [5.74, 6) is -0.396. The SMILES string of the molecule is C=CC(=O)NCCCC(=O)OCCCCCC. The molecule has 0 aliphatic rings. The molecule has 4 heteroatoms. The third-order valence-electron chi connectivity index (χ3n) is 2.30. The lowest BCUT2D eigenvalue weighted by atomic mass is 10.2. The Kier molecular flexibility index (Phi) is 10.3. The van der Waals surface area contributed by atoms with E-state index in [4.69, 9.17) is 4.74 Å². The molecule has 0 saturated heterocycles. The van der Waals surface area contributed by atoms with Gasteiger partial charge in [-0.1, -0.05) is 32.8 Å². The van der Waals surface area contributed by atoms with Crippen LogP contribution in [0.25, 0.3) is 0 Å². The number of unbranched alkanes of at least 4 members (excludes halogenated alkanes) is 3. The molecule has 0 spiro atoms. The van der Waals surface area contributed by atoms with Crippen molar-refractivity contribution < 1.29 is 14.3 Å². The Hall–Kier alpha value is -1.32. The van der Waals surface area contributed by atoms with Gasteiger partial charge >= 0.3 is 5.97 Å². The van der Waals surface area contributed by atoms with Gasteiger partial charge in [0, 0.05) is 13.0 Å². The van der Waals surface area contributed by atoms with Gasteiger partial charge in [-0.05, 0) is 18.9 Å². The number of esters is 1. The van der Waals surface area contributed by atoms with Crippen LogP contribution in [0.2, 0.25) is 0 Å². The molecule has 0 aromatic heterocycles. The quantitative estimate of drug-likeness (QED) is 0.362. The molecule has 98 valence electrons. The highest BCUT2D eigenvalue weighted by Crippen LogP contribution is 2.00. The highest BCUT2D eigenvalue weighted by Gasteiger charge is 2.02. The average Bonchev–Trinajstić information content (AvgIpc) is 2.34. The Morgan fingerprint density at radius 2 is 2.00 bits per heavy atom. The van der Waals surface area contributed by atoms with Crippen molar-refractivity contribution in [1.82, 2.24) is 5.32 Å². The van der Waals surface area contributed by atoms with Crippen LogP contribution < -0.4 is 5.32 Å². The number of carbonyl (C=O) groups is 2. The first-order valence-electron chi connectivity index (χ1n) is 6.26. The second-order valence-electron chi connectivity index (χ2n) is 3.88. The molecule has 1 amide bonds. The van der Waals surface area contributed by atoms with Crippen molar-refractivity contribution in [3.63, 3.8) is 0 Å². The molecule has 1 N–H and O–H groups in total. The number of nitrogens with one attached hydrogen (secondary N) is 1. The van der Waals surface area contributed by atoms with Gasteiger partial charge in [-0.25, -0.2) is 0 Å². The molecule has 0 bridgehead atoms. The second kappa shape index (κ2) is 11.2. The fraction of sp³-hybridized carbons (Fsp3) is 0.692. The maximum absolute atomic E-state index is 11.2. The minimum Gasteiger partial charge on any atom is -0.466 e. The highest BCUT2D eigenvalue weighted by atomic mass is 16.5. The smallest absolute Gasteiger partial charge is 0.305 e. The third-order valence-corrected chi connectivity index (χ3v) is 2.30. The lowest BCUT2D eigenvalue weighted by Gasteiger charge is -2.04. The van der Waals surface area contributed by atoms with E-state index in [2.05, 4.69) is 18.8 Å². The van der Waals surface area contributed by atoms with E-state index in [9.17, 15) is 9.59 Å². The van der Waals surface area contributed by atoms with E-state index in [1.165, 1.54) is 18.9 Å². The molecule has 0 heterocycles. The molecular weight excluding hydrogens is 218 g/mol. The minimum absolute atomic E-state index is 0.186. The molecular formula is C13H23NO3. The fourth-order valence-corrected chi connectivity index (χ4v) is 1.30. The van der Waals surface area contributed by atoms with Crippen LogP contribution in [0.1, 0.15) is 45.4 Å². The summed E-state index contributed by atoms with van der Waals surface area (Å²) in [6.07, 6.45) is 6.58. The number of hydrogen-bond acceptors (Lipinski definition) is 3. The van der Waals surface area contributed by atoms with Gasteiger partial charge in [-0.2, -0.15) is 0 Å². The van der Waals surface area contributed by atoms with Crippen LogP contribution in [0.5, 0.6) is 0 Å². The Morgan fingerprint density at radius 3 is 2.65 bits per heavy atom. The number of amides is 1. The number of rotatable bonds is 10. The van der Waals surface area contributed by atoms with Gasteiger partial charge in [0.15, 0.2) is 0 Å². The number of hydrogen-bond donors (Lipinski definition) is 1. The lowest BCUT2D eigenvalue weighted by molar-refractivity contribution is -0.144. The van der Waals surface area contributed by atoms with Gasteiger partial charge in [0.2, 0.25) is 5.91 Å². The van der Waals surface area contributed by atoms with E-state index in [1.54, 1.807) is 0 Å². The van der Waals surface area contributed by atoms with Crippen LogP contribution in [0.4, 0.5) is 0 Å². The average molecular weight is 241 g/mol. The summed E-state index contributed by atoms with van der Waals surface area (Å²) >= 11 is 0. The maximum atomic E-state index is 11.2. The summed E-state index contributed by atoms with van der Waals surface area (Å²) in [7, 11) is 0. The molecule has 0 unspecified atom stereocenters. The van der Waals surface area contributed by atoms with Crippen LogP contribution in [0.15, 0.2) is 12.7 Å². The zero-order chi connectivity index (χ0) is 12.9. The van der Waals surface area contributed by atoms with Gasteiger partial charge in [-0.15, -0.1) is 0 Å². The van der Waals surface area contributed by atoms with Crippen LogP contribution >= 0.6 is 0 Å². The van der Waals surface area contributed by atoms with Crippen molar-refractivity contribution in [3.8, 4) is 0 Å². The van der Waals surface area contributed by atoms with Gasteiger partial charge < -0.3 is 10.1 Å². The topological polar surface area (TPSA) is 55.4 Å². The summed E-state index contributed by atoms with van der Waals surface area (Å²) in [6.45, 7) is 6.47. The molecule has 0 aliphatic heterocycles. The van der Waals surface area contributed by atoms with E-state index in [0.29, 0.717) is 26.0 Å². The van der Waals surface area contributed by atoms with E-state index < -0.39 is 0 Å². The molecule has 0 rings (SSSR count). The molecule has 0 aromatic carbocycles. The van der Waals surface area contributed by atoms with Crippen molar-refractivity contribution in [2.75, 3.05) is 13.2 Å². The van der Waals surface area contributed by atoms with Gasteiger partial charge in [0.05, 0.1) is 6.61 Å². The summed E-state index contributed by atoms with van der Waals surface area (Å²) in [4.78, 5) is 22.0. The van der Waals surface area contributed by atoms with E-state index >= 15 is 0 Å². The molecule has 0 fully saturated rings. The van der Waals surface area contributed by atoms with Crippen LogP contribution in [0.3, 0.4) is 0 Å². The first-order valence-corrected chi connectivity index (χ1v) is 6.26. The molecule has 4 nitrogen and oxygen atoms in total. The van der Waals surface area contributed by atoms with E-state index in [0.717, 1.165) is 12.8 Å². The molecule has 0 saturated carbocycles. The Balaban J connectivity index is 3.29. The van der Waals surface area contributed by atoms with Gasteiger partial charge in [-0.3, -0.25) is 9.59 Å². The zero-order valence-corrected chi connectivity index (χ0v) is 10.7. The second-order valence-corrected chi connectivity index (χ2v) is 3.88. The standard InChI is InChI=1S/C13H23NO3/c1-3-5-6-7-11-17-13(16)9-8-10-14-12(15)4-2/h4H,2-3,5-11H2,1H3,(H,14,15). The van der Waals surface area contributed by atoms with Crippen molar-refractivity contribution in [2.45, 2.75) is 45.4 Å². The molecule has 0 aliphatic carbocycles. The van der Waals surface area contributed by atoms with Crippen molar-refractivity contribution >= 4 is 11.9 Å². The molecule has 17 heavy (non-hydrogen) atoms. The van der Waals surface area contributed by atoms with Crippen LogP contribution in [-0.2, 0) is 14.3 Å². The largest absolute Gasteiger partial charge is 0.466 e. The van der Waals surface area contributed by atoms with Gasteiger partial charge in [0.25, 0.3) is 0 Å². The number of ether oxygens (including phenoxy) is 1. The zero-order valence-electron chi connectivity index (χ0n) is 10.7. The van der Waals surface area contributed by atoms with Gasteiger partial charge in [0.1, 0.15) is 0 Å². The Morgan fingerprint density at radius 1 is 1.24 bits per heavy atom. The van der Waals surface area contributed by atoms with Crippen LogP contribution in [0, 0.1) is 0 Å². The minimum atomic E-state index is -0.210. The Bertz CT molecular complexity index is 239. The highest BCUT2D eigenvalue weighted by molar-refractivity contribution is 5.86. The molecule has 0 atom stereocenters. The van der Waals surface area contributed by atoms with Crippen molar-refractivity contribution in [1.29, 1.82) is 0 Å². The predicted molar refractivity (Wildman–Crippen MR) is 67.5 cm³/mol. The summed E-state index contributed by atoms with van der Waals surface area (Å²) < 4.78 is 5.05. The normalized spacial score (nSPS) is 9.71. The van der Waals surface area contributed by atoms with Crippen molar-refractivity contribution in [2.24, 2.45) is 0 Å². The molecule has 0 radical (unpaired) electrons. The summed E-state index contributed by atoms with van der Waals surface area (Å²) in [5.41, 5.74) is 0. The monoisotopic (exact) mass is 241 g/mol. The lowest BCUT2D eigenvalue weighted by Crippen LogP contribution is -2.22. The maximum Gasteiger partial charge on any atom is 0.305 e. The Labute approximate surface area is 103 Å². The third kappa shape index (κ3) is 11.0. The number of carbonyl (C=O) groups excluding carboxylic acids is 2. The molecule has 0 aromatic rings. The predicted octanol–water partition coefficient (Wildman–Crippen LogP) is 2.19. The summed E-state index contributed by atoms with van der Waals surface area (Å²) in [5, 5.41) is 2.61. The first kappa shape index (κ1) is 15.7. The fourth-order valence-electron chi connectivity index (χ4n) is 1.30.